The average molecular weight is 220 g/mol. The average Bonchev–Trinajstić information content (AvgIpc) is 2.67. The van der Waals surface area contributed by atoms with Gasteiger partial charge in [0.1, 0.15) is 0 Å². The topological polar surface area (TPSA) is 69.8 Å². The zero-order chi connectivity index (χ0) is 11.4. The van der Waals surface area contributed by atoms with Crippen LogP contribution in [0.5, 0.6) is 0 Å². The number of aromatic nitrogens is 2. The molecule has 1 saturated heterocycles. The van der Waals surface area contributed by atoms with E-state index in [0.717, 1.165) is 30.8 Å². The Labute approximate surface area is 94.3 Å². The van der Waals surface area contributed by atoms with Gasteiger partial charge in [-0.15, -0.1) is 0 Å². The molecule has 1 aromatic rings. The van der Waals surface area contributed by atoms with Gasteiger partial charge < -0.3 is 15.6 Å². The third kappa shape index (κ3) is 2.49. The van der Waals surface area contributed by atoms with Gasteiger partial charge >= 0.3 is 0 Å². The Morgan fingerprint density at radius 2 is 2.38 bits per heavy atom. The van der Waals surface area contributed by atoms with Crippen molar-refractivity contribution in [2.45, 2.75) is 13.3 Å². The fourth-order valence-corrected chi connectivity index (χ4v) is 1.54. The fourth-order valence-electron chi connectivity index (χ4n) is 1.54. The summed E-state index contributed by atoms with van der Waals surface area (Å²) in [5.41, 5.74) is 3.10. The maximum Gasteiger partial charge on any atom is 0.246 e. The van der Waals surface area contributed by atoms with Crippen LogP contribution in [0.1, 0.15) is 12.6 Å². The van der Waals surface area contributed by atoms with Gasteiger partial charge in [0.15, 0.2) is 0 Å². The molecular formula is C11H16N4O. The van der Waals surface area contributed by atoms with E-state index in [2.05, 4.69) is 20.6 Å². The van der Waals surface area contributed by atoms with Crippen LogP contribution in [-0.2, 0) is 11.2 Å². The summed E-state index contributed by atoms with van der Waals surface area (Å²) in [6, 6.07) is 0. The molecule has 0 aliphatic carbocycles. The molecule has 86 valence electrons. The van der Waals surface area contributed by atoms with E-state index < -0.39 is 0 Å². The number of nitrogens with one attached hydrogen (secondary N) is 3. The molecule has 0 bridgehead atoms. The van der Waals surface area contributed by atoms with Crippen molar-refractivity contribution in [3.63, 3.8) is 0 Å². The van der Waals surface area contributed by atoms with E-state index in [1.165, 1.54) is 5.57 Å². The van der Waals surface area contributed by atoms with Crippen molar-refractivity contribution in [1.82, 2.24) is 20.6 Å². The van der Waals surface area contributed by atoms with Gasteiger partial charge in [-0.2, -0.15) is 0 Å². The standard InChI is InChI=1S/C11H16N4O/c1-8(9-4-12-5-9)11(16)14-3-2-10-6-13-7-15-10/h6-7,12H,2-5H2,1H3,(H,13,15)(H,14,16). The quantitative estimate of drug-likeness (QED) is 0.625. The molecular weight excluding hydrogens is 204 g/mol. The van der Waals surface area contributed by atoms with Crippen molar-refractivity contribution < 1.29 is 4.79 Å². The first-order chi connectivity index (χ1) is 7.77. The summed E-state index contributed by atoms with van der Waals surface area (Å²) in [6.07, 6.45) is 4.20. The molecule has 2 rings (SSSR count). The highest BCUT2D eigenvalue weighted by molar-refractivity contribution is 5.93. The zero-order valence-electron chi connectivity index (χ0n) is 9.34. The van der Waals surface area contributed by atoms with Crippen molar-refractivity contribution >= 4 is 5.91 Å². The molecule has 5 nitrogen and oxygen atoms in total. The number of carbonyl (C=O) groups excluding carboxylic acids is 1. The molecule has 0 aromatic carbocycles. The fraction of sp³-hybridized carbons (Fsp3) is 0.455. The van der Waals surface area contributed by atoms with Crippen molar-refractivity contribution in [3.8, 4) is 0 Å². The third-order valence-electron chi connectivity index (χ3n) is 2.78. The highest BCUT2D eigenvalue weighted by Crippen LogP contribution is 2.08. The predicted octanol–water partition coefficient (Wildman–Crippen LogP) is -0.0119. The van der Waals surface area contributed by atoms with E-state index in [4.69, 9.17) is 0 Å². The maximum atomic E-state index is 11.7. The van der Waals surface area contributed by atoms with Crippen molar-refractivity contribution in [2.24, 2.45) is 0 Å². The van der Waals surface area contributed by atoms with Crippen molar-refractivity contribution in [1.29, 1.82) is 0 Å². The van der Waals surface area contributed by atoms with Gasteiger partial charge in [-0.25, -0.2) is 4.98 Å². The summed E-state index contributed by atoms with van der Waals surface area (Å²) in [6.45, 7) is 4.21. The molecule has 1 amide bonds. The number of aromatic amines is 1. The Morgan fingerprint density at radius 1 is 1.56 bits per heavy atom. The van der Waals surface area contributed by atoms with Crippen molar-refractivity contribution in [2.75, 3.05) is 19.6 Å². The summed E-state index contributed by atoms with van der Waals surface area (Å²) in [4.78, 5) is 18.6. The van der Waals surface area contributed by atoms with Crippen LogP contribution in [0, 0.1) is 0 Å². The number of nitrogens with zero attached hydrogens (tertiary/aromatic N) is 1. The van der Waals surface area contributed by atoms with Crippen LogP contribution >= 0.6 is 0 Å². The minimum absolute atomic E-state index is 0.0380. The minimum Gasteiger partial charge on any atom is -0.352 e. The van der Waals surface area contributed by atoms with E-state index in [-0.39, 0.29) is 5.91 Å². The molecule has 0 radical (unpaired) electrons. The van der Waals surface area contributed by atoms with Crippen LogP contribution in [0.25, 0.3) is 0 Å². The molecule has 0 atom stereocenters. The van der Waals surface area contributed by atoms with Crippen LogP contribution in [-0.4, -0.2) is 35.5 Å². The highest BCUT2D eigenvalue weighted by Gasteiger charge is 2.15. The Bertz CT molecular complexity index is 388. The molecule has 0 unspecified atom stereocenters. The summed E-state index contributed by atoms with van der Waals surface area (Å²) >= 11 is 0. The van der Waals surface area contributed by atoms with Gasteiger partial charge in [0.2, 0.25) is 5.91 Å². The Balaban J connectivity index is 1.76. The molecule has 1 aromatic heterocycles. The SMILES string of the molecule is CC(C(=O)NCCc1cnc[nH]1)=C1CNC1. The zero-order valence-corrected chi connectivity index (χ0v) is 9.34. The number of rotatable bonds is 4. The summed E-state index contributed by atoms with van der Waals surface area (Å²) in [5, 5.41) is 6.02. The van der Waals surface area contributed by atoms with Crippen LogP contribution in [0.3, 0.4) is 0 Å². The number of carbonyl (C=O) groups is 1. The normalized spacial score (nSPS) is 14.4. The Hall–Kier alpha value is -1.62. The second-order valence-electron chi connectivity index (χ2n) is 3.91. The number of amides is 1. The number of imidazole rings is 1. The molecule has 1 aliphatic rings. The van der Waals surface area contributed by atoms with Gasteiger partial charge in [-0.3, -0.25) is 4.79 Å². The number of hydrogen-bond acceptors (Lipinski definition) is 3. The van der Waals surface area contributed by atoms with Gasteiger partial charge in [0.25, 0.3) is 0 Å². The first-order valence-corrected chi connectivity index (χ1v) is 5.42. The van der Waals surface area contributed by atoms with E-state index in [1.807, 2.05) is 6.92 Å². The molecule has 0 saturated carbocycles. The monoisotopic (exact) mass is 220 g/mol. The van der Waals surface area contributed by atoms with Gasteiger partial charge in [0, 0.05) is 43.5 Å². The second kappa shape index (κ2) is 4.94. The lowest BCUT2D eigenvalue weighted by Gasteiger charge is -2.21. The Kier molecular flexibility index (Phi) is 3.36. The summed E-state index contributed by atoms with van der Waals surface area (Å²) in [7, 11) is 0. The van der Waals surface area contributed by atoms with E-state index in [9.17, 15) is 4.79 Å². The third-order valence-corrected chi connectivity index (χ3v) is 2.78. The van der Waals surface area contributed by atoms with Gasteiger partial charge in [-0.05, 0) is 12.5 Å². The second-order valence-corrected chi connectivity index (χ2v) is 3.91. The molecule has 2 heterocycles. The van der Waals surface area contributed by atoms with Crippen LogP contribution in [0.15, 0.2) is 23.7 Å². The van der Waals surface area contributed by atoms with Crippen LogP contribution < -0.4 is 10.6 Å². The van der Waals surface area contributed by atoms with Gasteiger partial charge in [-0.1, -0.05) is 0 Å². The molecule has 5 heteroatoms. The molecule has 1 aliphatic heterocycles. The molecule has 0 spiro atoms. The minimum atomic E-state index is 0.0380. The molecule has 16 heavy (non-hydrogen) atoms. The number of H-pyrrole nitrogens is 1. The Morgan fingerprint density at radius 3 is 2.94 bits per heavy atom. The maximum absolute atomic E-state index is 11.7. The van der Waals surface area contributed by atoms with Gasteiger partial charge in [0.05, 0.1) is 6.33 Å². The van der Waals surface area contributed by atoms with Crippen LogP contribution in [0.2, 0.25) is 0 Å². The lowest BCUT2D eigenvalue weighted by molar-refractivity contribution is -0.117. The summed E-state index contributed by atoms with van der Waals surface area (Å²) in [5.74, 6) is 0.0380. The van der Waals surface area contributed by atoms with E-state index in [0.29, 0.717) is 6.54 Å². The van der Waals surface area contributed by atoms with Crippen LogP contribution in [0.4, 0.5) is 0 Å². The number of hydrogen-bond donors (Lipinski definition) is 3. The highest BCUT2D eigenvalue weighted by atomic mass is 16.1. The van der Waals surface area contributed by atoms with Crippen molar-refractivity contribution in [3.05, 3.63) is 29.4 Å². The first-order valence-electron chi connectivity index (χ1n) is 5.42. The molecule has 1 fully saturated rings. The molecule has 3 N–H and O–H groups in total. The van der Waals surface area contributed by atoms with E-state index in [1.54, 1.807) is 12.5 Å². The first kappa shape index (κ1) is 10.9. The smallest absolute Gasteiger partial charge is 0.246 e. The van der Waals surface area contributed by atoms with E-state index >= 15 is 0 Å². The lowest BCUT2D eigenvalue weighted by Crippen LogP contribution is -2.38. The lowest BCUT2D eigenvalue weighted by atomic mass is 10.0. The predicted molar refractivity (Wildman–Crippen MR) is 60.9 cm³/mol. The summed E-state index contributed by atoms with van der Waals surface area (Å²) < 4.78 is 0. The largest absolute Gasteiger partial charge is 0.352 e.